The molecule has 0 N–H and O–H groups in total. The van der Waals surface area contributed by atoms with Crippen molar-refractivity contribution >= 4 is 41.0 Å². The van der Waals surface area contributed by atoms with Crippen LogP contribution < -0.4 is 32.9 Å². The normalized spacial score (nSPS) is 13.5. The van der Waals surface area contributed by atoms with Gasteiger partial charge in [-0.25, -0.2) is 4.79 Å². The number of carbonyl (C=O) groups excluding carboxylic acids is 3. The number of imide groups is 1. The van der Waals surface area contributed by atoms with Gasteiger partial charge in [-0.15, -0.1) is 5.06 Å². The molecule has 4 rings (SSSR count). The van der Waals surface area contributed by atoms with E-state index < -0.39 is 25.0 Å². The molecule has 34 heavy (non-hydrogen) atoms. The summed E-state index contributed by atoms with van der Waals surface area (Å²) >= 11 is 0. The van der Waals surface area contributed by atoms with E-state index >= 15 is 0 Å². The van der Waals surface area contributed by atoms with Crippen molar-refractivity contribution in [3.8, 4) is 0 Å². The van der Waals surface area contributed by atoms with Crippen molar-refractivity contribution in [1.29, 1.82) is 0 Å². The van der Waals surface area contributed by atoms with Crippen molar-refractivity contribution in [3.05, 3.63) is 91.0 Å². The number of halogens is 1. The van der Waals surface area contributed by atoms with E-state index in [1.165, 1.54) is 15.9 Å². The van der Waals surface area contributed by atoms with Gasteiger partial charge in [0.15, 0.2) is 0 Å². The summed E-state index contributed by atoms with van der Waals surface area (Å²) in [4.78, 5) is 40.7. The first-order chi connectivity index (χ1) is 16.1. The molecule has 1 aliphatic rings. The highest BCUT2D eigenvalue weighted by molar-refractivity contribution is 7.95. The standard InChI is InChI=1S/C27H27NO4P.BrH/c29-25-19-20-26(30)28(25)32-27(31)18-10-11-21-33(22-12-4-1-5-13-22,23-14-6-2-7-15-23)24-16-8-3-9-17-24;/h1-9,12-17H,10-11,18-21H2;1H/q+1;/p-1. The maximum Gasteiger partial charge on any atom is 0.333 e. The Hall–Kier alpha value is -2.82. The Balaban J connectivity index is 0.00000324. The molecule has 5 nitrogen and oxygen atoms in total. The molecule has 0 aliphatic carbocycles. The molecular formula is C27H27BrNO4P. The van der Waals surface area contributed by atoms with E-state index in [2.05, 4.69) is 72.8 Å². The second-order valence-corrected chi connectivity index (χ2v) is 11.7. The SMILES string of the molecule is O=C(CCCC[P+](c1ccccc1)(c1ccccc1)c1ccccc1)ON1C(=O)CCC1=O.[Br-]. The van der Waals surface area contributed by atoms with Crippen LogP contribution in [-0.4, -0.2) is 29.0 Å². The first-order valence-corrected chi connectivity index (χ1v) is 13.2. The number of rotatable bonds is 9. The molecule has 1 saturated heterocycles. The zero-order valence-electron chi connectivity index (χ0n) is 18.8. The van der Waals surface area contributed by atoms with Gasteiger partial charge in [-0.1, -0.05) is 54.6 Å². The molecule has 0 spiro atoms. The Morgan fingerprint density at radius 2 is 1.12 bits per heavy atom. The van der Waals surface area contributed by atoms with E-state index in [1.54, 1.807) is 0 Å². The number of carbonyl (C=O) groups is 3. The average Bonchev–Trinajstić information content (AvgIpc) is 3.18. The maximum atomic E-state index is 12.3. The van der Waals surface area contributed by atoms with Gasteiger partial charge in [0.1, 0.15) is 23.2 Å². The summed E-state index contributed by atoms with van der Waals surface area (Å²) in [6, 6.07) is 31.8. The quantitative estimate of drug-likeness (QED) is 0.229. The minimum Gasteiger partial charge on any atom is -1.00 e. The summed E-state index contributed by atoms with van der Waals surface area (Å²) in [5.41, 5.74) is 0. The highest BCUT2D eigenvalue weighted by atomic mass is 79.9. The lowest BCUT2D eigenvalue weighted by Crippen LogP contribution is -3.00. The number of amides is 2. The van der Waals surface area contributed by atoms with Crippen molar-refractivity contribution in [1.82, 2.24) is 5.06 Å². The Kier molecular flexibility index (Phi) is 9.14. The average molecular weight is 540 g/mol. The second kappa shape index (κ2) is 12.0. The lowest BCUT2D eigenvalue weighted by molar-refractivity contribution is -0.197. The van der Waals surface area contributed by atoms with Crippen LogP contribution in [0.4, 0.5) is 0 Å². The molecule has 0 saturated carbocycles. The van der Waals surface area contributed by atoms with E-state index in [9.17, 15) is 14.4 Å². The molecule has 1 aliphatic heterocycles. The first-order valence-electron chi connectivity index (χ1n) is 11.2. The van der Waals surface area contributed by atoms with Crippen molar-refractivity contribution in [2.75, 3.05) is 6.16 Å². The van der Waals surface area contributed by atoms with Gasteiger partial charge in [0.25, 0.3) is 11.8 Å². The summed E-state index contributed by atoms with van der Waals surface area (Å²) in [6.45, 7) is 0. The number of nitrogens with zero attached hydrogens (tertiary/aromatic N) is 1. The van der Waals surface area contributed by atoms with Gasteiger partial charge in [0.2, 0.25) is 0 Å². The first kappa shape index (κ1) is 25.8. The Labute approximate surface area is 211 Å². The van der Waals surface area contributed by atoms with Crippen molar-refractivity contribution in [3.63, 3.8) is 0 Å². The molecule has 176 valence electrons. The summed E-state index contributed by atoms with van der Waals surface area (Å²) in [5, 5.41) is 4.53. The number of hydroxylamine groups is 2. The third kappa shape index (κ3) is 5.63. The molecule has 1 fully saturated rings. The molecule has 0 unspecified atom stereocenters. The predicted molar refractivity (Wildman–Crippen MR) is 131 cm³/mol. The smallest absolute Gasteiger partial charge is 0.333 e. The van der Waals surface area contributed by atoms with E-state index in [4.69, 9.17) is 4.84 Å². The van der Waals surface area contributed by atoms with Crippen LogP contribution in [0.2, 0.25) is 0 Å². The van der Waals surface area contributed by atoms with Gasteiger partial charge in [0.05, 0.1) is 6.16 Å². The zero-order chi connectivity index (χ0) is 23.1. The summed E-state index contributed by atoms with van der Waals surface area (Å²) in [5.74, 6) is -1.44. The van der Waals surface area contributed by atoms with E-state index in [0.717, 1.165) is 12.6 Å². The van der Waals surface area contributed by atoms with Crippen LogP contribution in [-0.2, 0) is 19.2 Å². The molecule has 0 aromatic heterocycles. The fourth-order valence-electron chi connectivity index (χ4n) is 4.31. The van der Waals surface area contributed by atoms with E-state index in [-0.39, 0.29) is 36.2 Å². The van der Waals surface area contributed by atoms with Gasteiger partial charge < -0.3 is 21.8 Å². The van der Waals surface area contributed by atoms with Crippen LogP contribution in [0.3, 0.4) is 0 Å². The lowest BCUT2D eigenvalue weighted by atomic mass is 10.2. The molecular weight excluding hydrogens is 513 g/mol. The topological polar surface area (TPSA) is 63.7 Å². The molecule has 1 heterocycles. The third-order valence-electron chi connectivity index (χ3n) is 5.91. The highest BCUT2D eigenvalue weighted by Gasteiger charge is 2.44. The minimum absolute atomic E-state index is 0. The number of unbranched alkanes of at least 4 members (excludes halogenated alkanes) is 1. The third-order valence-corrected chi connectivity index (χ3v) is 10.4. The number of hydrogen-bond donors (Lipinski definition) is 0. The van der Waals surface area contributed by atoms with Gasteiger partial charge in [-0.3, -0.25) is 9.59 Å². The molecule has 3 aromatic rings. The van der Waals surface area contributed by atoms with E-state index in [1.807, 2.05) is 18.2 Å². The second-order valence-electron chi connectivity index (χ2n) is 8.04. The maximum absolute atomic E-state index is 12.3. The van der Waals surface area contributed by atoms with Crippen molar-refractivity contribution in [2.45, 2.75) is 32.1 Å². The minimum atomic E-state index is -1.93. The molecule has 0 bridgehead atoms. The Morgan fingerprint density at radius 3 is 1.53 bits per heavy atom. The lowest BCUT2D eigenvalue weighted by Gasteiger charge is -2.27. The summed E-state index contributed by atoms with van der Waals surface area (Å²) < 4.78 is 0. The van der Waals surface area contributed by atoms with Crippen LogP contribution in [0.25, 0.3) is 0 Å². The Morgan fingerprint density at radius 1 is 0.706 bits per heavy atom. The van der Waals surface area contributed by atoms with Gasteiger partial charge in [-0.05, 0) is 49.2 Å². The molecule has 3 aromatic carbocycles. The van der Waals surface area contributed by atoms with Gasteiger partial charge in [-0.2, -0.15) is 0 Å². The molecule has 7 heteroatoms. The van der Waals surface area contributed by atoms with Crippen LogP contribution in [0.15, 0.2) is 91.0 Å². The fraction of sp³-hybridized carbons (Fsp3) is 0.222. The highest BCUT2D eigenvalue weighted by Crippen LogP contribution is 2.55. The fourth-order valence-corrected chi connectivity index (χ4v) is 8.72. The van der Waals surface area contributed by atoms with E-state index in [0.29, 0.717) is 11.5 Å². The van der Waals surface area contributed by atoms with Crippen LogP contribution in [0, 0.1) is 0 Å². The molecule has 0 atom stereocenters. The summed E-state index contributed by atoms with van der Waals surface area (Å²) in [7, 11) is -1.93. The number of benzene rings is 3. The summed E-state index contributed by atoms with van der Waals surface area (Å²) in [6.07, 6.45) is 2.69. The number of hydrogen-bond acceptors (Lipinski definition) is 4. The Bertz CT molecular complexity index is 997. The van der Waals surface area contributed by atoms with Gasteiger partial charge in [0, 0.05) is 19.3 Å². The van der Waals surface area contributed by atoms with Crippen LogP contribution in [0.5, 0.6) is 0 Å². The monoisotopic (exact) mass is 539 g/mol. The van der Waals surface area contributed by atoms with Crippen molar-refractivity contribution < 1.29 is 36.2 Å². The molecule has 0 radical (unpaired) electrons. The van der Waals surface area contributed by atoms with Crippen LogP contribution in [0.1, 0.15) is 32.1 Å². The van der Waals surface area contributed by atoms with Gasteiger partial charge >= 0.3 is 5.97 Å². The van der Waals surface area contributed by atoms with Crippen LogP contribution >= 0.6 is 7.26 Å². The largest absolute Gasteiger partial charge is 1.00 e. The van der Waals surface area contributed by atoms with Crippen molar-refractivity contribution in [2.24, 2.45) is 0 Å². The molecule has 2 amide bonds. The predicted octanol–water partition coefficient (Wildman–Crippen LogP) is 0.762. The zero-order valence-corrected chi connectivity index (χ0v) is 21.3.